The van der Waals surface area contributed by atoms with Gasteiger partial charge in [0, 0.05) is 11.9 Å². The Bertz CT molecular complexity index is 877. The average molecular weight is 368 g/mol. The summed E-state index contributed by atoms with van der Waals surface area (Å²) in [5, 5.41) is 5.14. The first-order chi connectivity index (χ1) is 13.0. The van der Waals surface area contributed by atoms with E-state index in [0.717, 1.165) is 10.5 Å². The van der Waals surface area contributed by atoms with Gasteiger partial charge in [0.25, 0.3) is 5.91 Å². The van der Waals surface area contributed by atoms with Gasteiger partial charge in [0.15, 0.2) is 0 Å². The van der Waals surface area contributed by atoms with Crippen LogP contribution in [0, 0.1) is 0 Å². The van der Waals surface area contributed by atoms with Crippen LogP contribution in [0.25, 0.3) is 0 Å². The van der Waals surface area contributed by atoms with Crippen LogP contribution in [-0.4, -0.2) is 47.4 Å². The fourth-order valence-corrected chi connectivity index (χ4v) is 2.45. The lowest BCUT2D eigenvalue weighted by molar-refractivity contribution is -0.125. The van der Waals surface area contributed by atoms with Gasteiger partial charge < -0.3 is 15.4 Å². The molecule has 0 unspecified atom stereocenters. The fourth-order valence-electron chi connectivity index (χ4n) is 2.45. The van der Waals surface area contributed by atoms with Crippen LogP contribution in [0.1, 0.15) is 26.4 Å². The molecule has 0 radical (unpaired) electrons. The van der Waals surface area contributed by atoms with E-state index in [1.807, 2.05) is 0 Å². The number of aromatic nitrogens is 1. The smallest absolute Gasteiger partial charge is 0.339 e. The minimum Gasteiger partial charge on any atom is -0.465 e. The van der Waals surface area contributed by atoms with Gasteiger partial charge in [0.05, 0.1) is 25.8 Å². The number of urea groups is 1. The molecule has 138 valence electrons. The van der Waals surface area contributed by atoms with Crippen molar-refractivity contribution in [2.24, 2.45) is 0 Å². The van der Waals surface area contributed by atoms with E-state index in [1.165, 1.54) is 25.4 Å². The summed E-state index contributed by atoms with van der Waals surface area (Å²) in [6, 6.07) is 9.20. The minimum absolute atomic E-state index is 0.00867. The highest BCUT2D eigenvalue weighted by molar-refractivity contribution is 6.03. The van der Waals surface area contributed by atoms with Crippen molar-refractivity contribution >= 4 is 29.5 Å². The maximum absolute atomic E-state index is 12.2. The number of carbonyl (C=O) groups excluding carboxylic acids is 4. The van der Waals surface area contributed by atoms with Gasteiger partial charge in [0.2, 0.25) is 5.91 Å². The van der Waals surface area contributed by atoms with Crippen LogP contribution in [0.5, 0.6) is 0 Å². The number of esters is 1. The van der Waals surface area contributed by atoms with Gasteiger partial charge in [0.1, 0.15) is 5.69 Å². The Morgan fingerprint density at radius 2 is 1.93 bits per heavy atom. The van der Waals surface area contributed by atoms with Crippen LogP contribution < -0.4 is 10.6 Å². The first-order valence-corrected chi connectivity index (χ1v) is 8.01. The van der Waals surface area contributed by atoms with Gasteiger partial charge >= 0.3 is 12.0 Å². The molecule has 0 saturated carbocycles. The lowest BCUT2D eigenvalue weighted by atomic mass is 10.2. The third-order valence-corrected chi connectivity index (χ3v) is 3.91. The van der Waals surface area contributed by atoms with E-state index >= 15 is 0 Å². The molecule has 2 N–H and O–H groups in total. The number of nitrogens with zero attached hydrogens (tertiary/aromatic N) is 2. The number of carbonyl (C=O) groups is 4. The Balaban J connectivity index is 1.62. The summed E-state index contributed by atoms with van der Waals surface area (Å²) in [7, 11) is 1.26. The molecule has 0 aliphatic carbocycles. The highest BCUT2D eigenvalue weighted by Gasteiger charge is 2.28. The largest absolute Gasteiger partial charge is 0.465 e. The van der Waals surface area contributed by atoms with Crippen molar-refractivity contribution < 1.29 is 23.9 Å². The van der Waals surface area contributed by atoms with Crippen molar-refractivity contribution in [3.63, 3.8) is 0 Å². The van der Waals surface area contributed by atoms with Crippen LogP contribution >= 0.6 is 0 Å². The van der Waals surface area contributed by atoms with Crippen molar-refractivity contribution in [1.29, 1.82) is 0 Å². The molecule has 3 rings (SSSR count). The van der Waals surface area contributed by atoms with Gasteiger partial charge in [-0.25, -0.2) is 9.59 Å². The zero-order valence-corrected chi connectivity index (χ0v) is 14.4. The Morgan fingerprint density at radius 3 is 2.48 bits per heavy atom. The summed E-state index contributed by atoms with van der Waals surface area (Å²) in [5.74, 6) is -1.25. The van der Waals surface area contributed by atoms with E-state index in [1.54, 1.807) is 24.3 Å². The normalized spacial score (nSPS) is 13.3. The highest BCUT2D eigenvalue weighted by Crippen LogP contribution is 2.14. The third-order valence-electron chi connectivity index (χ3n) is 3.91. The van der Waals surface area contributed by atoms with Crippen LogP contribution in [0.15, 0.2) is 42.6 Å². The number of hydrogen-bond donors (Lipinski definition) is 2. The molecule has 2 aromatic rings. The van der Waals surface area contributed by atoms with Crippen LogP contribution in [0.3, 0.4) is 0 Å². The van der Waals surface area contributed by atoms with Crippen LogP contribution in [0.2, 0.25) is 0 Å². The molecule has 0 spiro atoms. The predicted molar refractivity (Wildman–Crippen MR) is 93.9 cm³/mol. The molecule has 1 fully saturated rings. The number of amides is 4. The number of anilines is 1. The van der Waals surface area contributed by atoms with Crippen molar-refractivity contribution in [1.82, 2.24) is 15.2 Å². The first kappa shape index (κ1) is 18.1. The molecule has 4 amide bonds. The number of rotatable bonds is 5. The molecule has 0 atom stereocenters. The monoisotopic (exact) mass is 368 g/mol. The fraction of sp³-hybridized carbons (Fsp3) is 0.167. The molecular weight excluding hydrogens is 352 g/mol. The van der Waals surface area contributed by atoms with Gasteiger partial charge in [-0.3, -0.25) is 19.5 Å². The second-order valence-corrected chi connectivity index (χ2v) is 5.71. The van der Waals surface area contributed by atoms with E-state index in [-0.39, 0.29) is 30.3 Å². The standard InChI is InChI=1S/C18H16N4O5/c1-27-17(25)12-4-7-14(19-8-12)16(24)21-13-5-2-11(3-6-13)10-22-15(23)9-20-18(22)26/h2-8H,9-10H2,1H3,(H,20,26)(H,21,24). The summed E-state index contributed by atoms with van der Waals surface area (Å²) in [6.45, 7) is 0.171. The Kier molecular flexibility index (Phi) is 5.11. The lowest BCUT2D eigenvalue weighted by Crippen LogP contribution is -2.30. The van der Waals surface area contributed by atoms with E-state index in [2.05, 4.69) is 20.4 Å². The Labute approximate surface area is 154 Å². The number of ether oxygens (including phenoxy) is 1. The zero-order valence-electron chi connectivity index (χ0n) is 14.4. The number of imide groups is 1. The second kappa shape index (κ2) is 7.65. The van der Waals surface area contributed by atoms with Crippen molar-refractivity contribution in [3.8, 4) is 0 Å². The maximum Gasteiger partial charge on any atom is 0.339 e. The number of nitrogens with one attached hydrogen (secondary N) is 2. The van der Waals surface area contributed by atoms with Gasteiger partial charge in [-0.2, -0.15) is 0 Å². The van der Waals surface area contributed by atoms with Crippen molar-refractivity contribution in [3.05, 3.63) is 59.4 Å². The molecule has 1 aromatic carbocycles. The van der Waals surface area contributed by atoms with E-state index in [4.69, 9.17) is 0 Å². The molecule has 27 heavy (non-hydrogen) atoms. The van der Waals surface area contributed by atoms with Crippen LogP contribution in [0.4, 0.5) is 10.5 Å². The summed E-state index contributed by atoms with van der Waals surface area (Å²) >= 11 is 0. The Hall–Kier alpha value is -3.75. The first-order valence-electron chi connectivity index (χ1n) is 8.01. The quantitative estimate of drug-likeness (QED) is 0.604. The average Bonchev–Trinajstić information content (AvgIpc) is 3.01. The predicted octanol–water partition coefficient (Wildman–Crippen LogP) is 1.17. The second-order valence-electron chi connectivity index (χ2n) is 5.71. The molecule has 1 aliphatic rings. The summed E-state index contributed by atoms with van der Waals surface area (Å²) < 4.78 is 4.58. The molecule has 9 heteroatoms. The molecular formula is C18H16N4O5. The molecule has 1 aromatic heterocycles. The van der Waals surface area contributed by atoms with E-state index in [0.29, 0.717) is 5.69 Å². The van der Waals surface area contributed by atoms with E-state index in [9.17, 15) is 19.2 Å². The highest BCUT2D eigenvalue weighted by atomic mass is 16.5. The molecule has 9 nitrogen and oxygen atoms in total. The van der Waals surface area contributed by atoms with Gasteiger partial charge in [-0.05, 0) is 29.8 Å². The van der Waals surface area contributed by atoms with Crippen molar-refractivity contribution in [2.75, 3.05) is 19.0 Å². The topological polar surface area (TPSA) is 118 Å². The van der Waals surface area contributed by atoms with Crippen LogP contribution in [-0.2, 0) is 16.1 Å². The number of benzene rings is 1. The molecule has 1 saturated heterocycles. The van der Waals surface area contributed by atoms with E-state index < -0.39 is 17.9 Å². The number of methoxy groups -OCH3 is 1. The molecule has 2 heterocycles. The minimum atomic E-state index is -0.532. The molecule has 0 bridgehead atoms. The van der Waals surface area contributed by atoms with Crippen molar-refractivity contribution in [2.45, 2.75) is 6.54 Å². The van der Waals surface area contributed by atoms with Gasteiger partial charge in [-0.1, -0.05) is 12.1 Å². The SMILES string of the molecule is COC(=O)c1ccc(C(=O)Nc2ccc(CN3C(=O)CNC3=O)cc2)nc1. The number of pyridine rings is 1. The lowest BCUT2D eigenvalue weighted by Gasteiger charge is -2.12. The molecule has 1 aliphatic heterocycles. The van der Waals surface area contributed by atoms with Gasteiger partial charge in [-0.15, -0.1) is 0 Å². The maximum atomic E-state index is 12.2. The number of hydrogen-bond acceptors (Lipinski definition) is 6. The summed E-state index contributed by atoms with van der Waals surface area (Å²) in [5.41, 5.74) is 1.67. The summed E-state index contributed by atoms with van der Waals surface area (Å²) in [6.07, 6.45) is 1.27. The third kappa shape index (κ3) is 4.09. The summed E-state index contributed by atoms with van der Waals surface area (Å²) in [4.78, 5) is 51.8. The zero-order chi connectivity index (χ0) is 19.4. The Morgan fingerprint density at radius 1 is 1.19 bits per heavy atom.